The maximum atomic E-state index is 12.9. The molecule has 1 aromatic heterocycles. The second kappa shape index (κ2) is 7.19. The number of anilines is 1. The Hall–Kier alpha value is -2.60. The highest BCUT2D eigenvalue weighted by Gasteiger charge is 2.30. The summed E-state index contributed by atoms with van der Waals surface area (Å²) >= 11 is 0. The zero-order valence-electron chi connectivity index (χ0n) is 14.7. The molecule has 0 unspecified atom stereocenters. The van der Waals surface area contributed by atoms with Gasteiger partial charge in [0.2, 0.25) is 0 Å². The van der Waals surface area contributed by atoms with Crippen LogP contribution in [0, 0.1) is 6.07 Å². The molecule has 0 N–H and O–H groups in total. The van der Waals surface area contributed by atoms with E-state index >= 15 is 0 Å². The Morgan fingerprint density at radius 3 is 2.59 bits per heavy atom. The molecule has 0 spiro atoms. The standard InChI is InChI=1S/C21H19F3N3/c22-21(23,24)18-5-1-3-16(13-18)15-26-9-11-27(12-10-26)19-7-6-17-4-2-8-25-20(17)14-19/h1-6,8,13-14H,9-12,15H2. The van der Waals surface area contributed by atoms with Crippen LogP contribution in [0.15, 0.2) is 54.7 Å². The first kappa shape index (κ1) is 17.8. The van der Waals surface area contributed by atoms with Crippen molar-refractivity contribution in [3.63, 3.8) is 0 Å². The summed E-state index contributed by atoms with van der Waals surface area (Å²) in [5, 5.41) is 1.06. The van der Waals surface area contributed by atoms with Gasteiger partial charge in [0.15, 0.2) is 0 Å². The van der Waals surface area contributed by atoms with E-state index < -0.39 is 11.7 Å². The van der Waals surface area contributed by atoms with E-state index in [4.69, 9.17) is 0 Å². The quantitative estimate of drug-likeness (QED) is 0.682. The number of halogens is 3. The van der Waals surface area contributed by atoms with Gasteiger partial charge in [-0.2, -0.15) is 13.2 Å². The van der Waals surface area contributed by atoms with Crippen molar-refractivity contribution >= 4 is 16.6 Å². The lowest BCUT2D eigenvalue weighted by Gasteiger charge is -2.36. The summed E-state index contributed by atoms with van der Waals surface area (Å²) in [7, 11) is 0. The van der Waals surface area contributed by atoms with Crippen molar-refractivity contribution < 1.29 is 13.2 Å². The molecule has 0 atom stereocenters. The first-order chi connectivity index (χ1) is 13.0. The topological polar surface area (TPSA) is 19.4 Å². The number of rotatable bonds is 3. The Kier molecular flexibility index (Phi) is 4.74. The highest BCUT2D eigenvalue weighted by Crippen LogP contribution is 2.30. The number of fused-ring (bicyclic) bond motifs is 1. The fourth-order valence-corrected chi connectivity index (χ4v) is 3.43. The number of pyridine rings is 1. The first-order valence-electron chi connectivity index (χ1n) is 8.89. The lowest BCUT2D eigenvalue weighted by molar-refractivity contribution is -0.137. The largest absolute Gasteiger partial charge is 0.416 e. The molecule has 1 radical (unpaired) electrons. The van der Waals surface area contributed by atoms with E-state index in [1.807, 2.05) is 24.3 Å². The van der Waals surface area contributed by atoms with Crippen LogP contribution in [-0.2, 0) is 12.7 Å². The summed E-state index contributed by atoms with van der Waals surface area (Å²) < 4.78 is 38.6. The molecular weight excluding hydrogens is 351 g/mol. The van der Waals surface area contributed by atoms with Crippen LogP contribution in [-0.4, -0.2) is 36.1 Å². The van der Waals surface area contributed by atoms with Crippen molar-refractivity contribution in [3.8, 4) is 0 Å². The van der Waals surface area contributed by atoms with Crippen LogP contribution < -0.4 is 4.90 Å². The molecule has 4 rings (SSSR count). The zero-order valence-corrected chi connectivity index (χ0v) is 14.7. The third-order valence-electron chi connectivity index (χ3n) is 4.89. The van der Waals surface area contributed by atoms with Crippen LogP contribution in [0.1, 0.15) is 11.1 Å². The number of benzene rings is 2. The molecule has 1 aliphatic heterocycles. The minimum atomic E-state index is -4.30. The number of alkyl halides is 3. The van der Waals surface area contributed by atoms with Crippen molar-refractivity contribution in [2.75, 3.05) is 31.1 Å². The fraction of sp³-hybridized carbons (Fsp3) is 0.286. The van der Waals surface area contributed by atoms with E-state index in [2.05, 4.69) is 20.9 Å². The van der Waals surface area contributed by atoms with Crippen molar-refractivity contribution in [3.05, 3.63) is 71.9 Å². The summed E-state index contributed by atoms with van der Waals surface area (Å²) in [5.41, 5.74) is 2.06. The molecule has 2 heterocycles. The van der Waals surface area contributed by atoms with E-state index in [9.17, 15) is 13.2 Å². The molecule has 0 aliphatic carbocycles. The van der Waals surface area contributed by atoms with E-state index in [1.165, 1.54) is 12.1 Å². The summed E-state index contributed by atoms with van der Waals surface area (Å²) in [5.74, 6) is 0. The maximum absolute atomic E-state index is 12.9. The van der Waals surface area contributed by atoms with Crippen molar-refractivity contribution in [2.24, 2.45) is 0 Å². The lowest BCUT2D eigenvalue weighted by Crippen LogP contribution is -2.46. The highest BCUT2D eigenvalue weighted by molar-refractivity contribution is 5.81. The summed E-state index contributed by atoms with van der Waals surface area (Å²) in [6.07, 6.45) is -2.52. The van der Waals surface area contributed by atoms with E-state index in [0.717, 1.165) is 48.8 Å². The Balaban J connectivity index is 1.40. The van der Waals surface area contributed by atoms with Crippen molar-refractivity contribution in [1.82, 2.24) is 9.88 Å². The van der Waals surface area contributed by atoms with Crippen LogP contribution >= 0.6 is 0 Å². The van der Waals surface area contributed by atoms with Crippen LogP contribution in [0.2, 0.25) is 0 Å². The summed E-state index contributed by atoms with van der Waals surface area (Å²) in [6.45, 7) is 3.75. The third-order valence-corrected chi connectivity index (χ3v) is 4.89. The van der Waals surface area contributed by atoms with Gasteiger partial charge in [-0.1, -0.05) is 24.3 Å². The van der Waals surface area contributed by atoms with Crippen molar-refractivity contribution in [2.45, 2.75) is 12.7 Å². The Labute approximate surface area is 156 Å². The number of piperazine rings is 1. The summed E-state index contributed by atoms with van der Waals surface area (Å²) in [6, 6.07) is 16.8. The van der Waals surface area contributed by atoms with Gasteiger partial charge in [0.1, 0.15) is 0 Å². The number of hydrogen-bond donors (Lipinski definition) is 0. The van der Waals surface area contributed by atoms with Crippen LogP contribution in [0.4, 0.5) is 18.9 Å². The maximum Gasteiger partial charge on any atom is 0.416 e. The Bertz CT molecular complexity index is 931. The average Bonchev–Trinajstić information content (AvgIpc) is 2.68. The highest BCUT2D eigenvalue weighted by atomic mass is 19.4. The third kappa shape index (κ3) is 4.06. The van der Waals surface area contributed by atoms with Gasteiger partial charge in [-0.15, -0.1) is 0 Å². The molecule has 0 amide bonds. The molecule has 6 heteroatoms. The SMILES string of the molecule is FC(F)(F)c1cccc(CN2CCN(c3[c]cc4cccnc4c3)CC2)c1. The minimum absolute atomic E-state index is 0.529. The van der Waals surface area contributed by atoms with Gasteiger partial charge in [-0.05, 0) is 29.8 Å². The molecule has 1 aliphatic rings. The van der Waals surface area contributed by atoms with Gasteiger partial charge in [-0.3, -0.25) is 9.88 Å². The van der Waals surface area contributed by atoms with Crippen LogP contribution in [0.25, 0.3) is 10.9 Å². The van der Waals surface area contributed by atoms with E-state index in [0.29, 0.717) is 12.1 Å². The van der Waals surface area contributed by atoms with Gasteiger partial charge >= 0.3 is 6.18 Å². The molecule has 139 valence electrons. The predicted octanol–water partition coefficient (Wildman–Crippen LogP) is 4.38. The zero-order chi connectivity index (χ0) is 18.9. The van der Waals surface area contributed by atoms with Gasteiger partial charge in [0.25, 0.3) is 0 Å². The molecule has 0 saturated carbocycles. The Morgan fingerprint density at radius 1 is 1.00 bits per heavy atom. The second-order valence-electron chi connectivity index (χ2n) is 6.76. The van der Waals surface area contributed by atoms with E-state index in [1.54, 1.807) is 12.3 Å². The molecule has 0 bridgehead atoms. The van der Waals surface area contributed by atoms with Crippen molar-refractivity contribution in [1.29, 1.82) is 0 Å². The number of nitrogens with zero attached hydrogens (tertiary/aromatic N) is 3. The normalized spacial score (nSPS) is 16.0. The second-order valence-corrected chi connectivity index (χ2v) is 6.76. The molecule has 1 fully saturated rings. The van der Waals surface area contributed by atoms with Gasteiger partial charge in [0, 0.05) is 56.1 Å². The molecule has 3 nitrogen and oxygen atoms in total. The molecular formula is C21H19F3N3. The lowest BCUT2D eigenvalue weighted by atomic mass is 10.1. The van der Waals surface area contributed by atoms with E-state index in [-0.39, 0.29) is 0 Å². The molecule has 27 heavy (non-hydrogen) atoms. The molecule has 1 saturated heterocycles. The average molecular weight is 370 g/mol. The number of hydrogen-bond acceptors (Lipinski definition) is 3. The minimum Gasteiger partial charge on any atom is -0.368 e. The van der Waals surface area contributed by atoms with Gasteiger partial charge < -0.3 is 4.90 Å². The van der Waals surface area contributed by atoms with Gasteiger partial charge in [0.05, 0.1) is 11.1 Å². The molecule has 2 aromatic carbocycles. The fourth-order valence-electron chi connectivity index (χ4n) is 3.43. The first-order valence-corrected chi connectivity index (χ1v) is 8.89. The Morgan fingerprint density at radius 2 is 1.81 bits per heavy atom. The van der Waals surface area contributed by atoms with Gasteiger partial charge in [-0.25, -0.2) is 0 Å². The van der Waals surface area contributed by atoms with Crippen LogP contribution in [0.5, 0.6) is 0 Å². The molecule has 3 aromatic rings. The summed E-state index contributed by atoms with van der Waals surface area (Å²) in [4.78, 5) is 8.82. The predicted molar refractivity (Wildman–Crippen MR) is 99.5 cm³/mol. The number of aromatic nitrogens is 1. The van der Waals surface area contributed by atoms with Crippen LogP contribution in [0.3, 0.4) is 0 Å². The smallest absolute Gasteiger partial charge is 0.368 e. The monoisotopic (exact) mass is 370 g/mol.